The highest BCUT2D eigenvalue weighted by molar-refractivity contribution is 5.02. The van der Waals surface area contributed by atoms with Crippen molar-refractivity contribution in [3.63, 3.8) is 0 Å². The van der Waals surface area contributed by atoms with Crippen LogP contribution in [0.5, 0.6) is 0 Å². The average Bonchev–Trinajstić information content (AvgIpc) is 2.36. The first-order valence-corrected chi connectivity index (χ1v) is 8.63. The molecule has 0 heterocycles. The van der Waals surface area contributed by atoms with Gasteiger partial charge in [-0.05, 0) is 79.7 Å². The van der Waals surface area contributed by atoms with Gasteiger partial charge in [-0.1, -0.05) is 28.9 Å². The third-order valence-electron chi connectivity index (χ3n) is 3.32. The number of hydrogen-bond donors (Lipinski definition) is 4. The fourth-order valence-corrected chi connectivity index (χ4v) is 1.98. The van der Waals surface area contributed by atoms with Crippen LogP contribution >= 0.6 is 0 Å². The minimum Gasteiger partial charge on any atom is -0.392 e. The van der Waals surface area contributed by atoms with E-state index in [2.05, 4.69) is 19.9 Å². The summed E-state index contributed by atoms with van der Waals surface area (Å²) in [6.45, 7) is 11.8. The molecule has 0 aliphatic heterocycles. The standard InChI is InChI=1S/C10H20O2.C10H18O2/c1-9(6-8-11)5-4-7-10(2,3)12;1-8(2)5-4-6-9(3)7-10(11)12/h6,11-12H,4-5,7-8H2,1-3H3;5,7,10-12H,4,6H2,1-3H3. The first-order chi connectivity index (χ1) is 11.0. The molecule has 0 saturated heterocycles. The van der Waals surface area contributed by atoms with Crippen molar-refractivity contribution in [1.82, 2.24) is 0 Å². The van der Waals surface area contributed by atoms with Crippen LogP contribution in [0.15, 0.2) is 34.9 Å². The third-order valence-corrected chi connectivity index (χ3v) is 3.32. The summed E-state index contributed by atoms with van der Waals surface area (Å²) in [6.07, 6.45) is 8.71. The second-order valence-corrected chi connectivity index (χ2v) is 7.15. The Labute approximate surface area is 148 Å². The Balaban J connectivity index is 0. The minimum atomic E-state index is -1.31. The molecule has 0 amide bonds. The zero-order valence-corrected chi connectivity index (χ0v) is 16.3. The highest BCUT2D eigenvalue weighted by Crippen LogP contribution is 2.14. The Bertz CT molecular complexity index is 394. The summed E-state index contributed by atoms with van der Waals surface area (Å²) < 4.78 is 0. The average molecular weight is 343 g/mol. The molecule has 4 nitrogen and oxygen atoms in total. The molecule has 0 bridgehead atoms. The Kier molecular flexibility index (Phi) is 15.2. The molecule has 0 aromatic rings. The zero-order chi connectivity index (χ0) is 19.2. The monoisotopic (exact) mass is 342 g/mol. The second kappa shape index (κ2) is 14.4. The summed E-state index contributed by atoms with van der Waals surface area (Å²) in [7, 11) is 0. The molecular weight excluding hydrogens is 304 g/mol. The molecular formula is C20H38O4. The van der Waals surface area contributed by atoms with Crippen molar-refractivity contribution >= 4 is 0 Å². The quantitative estimate of drug-likeness (QED) is 0.379. The van der Waals surface area contributed by atoms with E-state index in [4.69, 9.17) is 15.3 Å². The number of hydrogen-bond acceptors (Lipinski definition) is 4. The van der Waals surface area contributed by atoms with Gasteiger partial charge in [0, 0.05) is 0 Å². The molecule has 0 aromatic carbocycles. The Hall–Kier alpha value is -0.940. The van der Waals surface area contributed by atoms with Crippen LogP contribution in [-0.2, 0) is 0 Å². The number of aliphatic hydroxyl groups excluding tert-OH is 2. The molecule has 0 saturated carbocycles. The van der Waals surface area contributed by atoms with Crippen LogP contribution in [0.25, 0.3) is 0 Å². The van der Waals surface area contributed by atoms with E-state index in [1.165, 1.54) is 17.2 Å². The van der Waals surface area contributed by atoms with Crippen molar-refractivity contribution in [2.24, 2.45) is 0 Å². The molecule has 0 rings (SSSR count). The largest absolute Gasteiger partial charge is 0.392 e. The lowest BCUT2D eigenvalue weighted by Gasteiger charge is -2.16. The maximum atomic E-state index is 9.39. The van der Waals surface area contributed by atoms with Gasteiger partial charge >= 0.3 is 0 Å². The van der Waals surface area contributed by atoms with Crippen molar-refractivity contribution in [2.75, 3.05) is 6.61 Å². The summed E-state index contributed by atoms with van der Waals surface area (Å²) in [5.74, 6) is 0. The molecule has 0 unspecified atom stereocenters. The number of aliphatic hydroxyl groups is 4. The normalized spacial score (nSPS) is 12.8. The molecule has 142 valence electrons. The van der Waals surface area contributed by atoms with Gasteiger partial charge in [-0.15, -0.1) is 0 Å². The van der Waals surface area contributed by atoms with Crippen LogP contribution in [0.2, 0.25) is 0 Å². The summed E-state index contributed by atoms with van der Waals surface area (Å²) in [5, 5.41) is 35.2. The smallest absolute Gasteiger partial charge is 0.171 e. The summed E-state index contributed by atoms with van der Waals surface area (Å²) >= 11 is 0. The first-order valence-electron chi connectivity index (χ1n) is 8.63. The van der Waals surface area contributed by atoms with E-state index in [1.807, 2.05) is 33.8 Å². The van der Waals surface area contributed by atoms with Gasteiger partial charge in [-0.2, -0.15) is 0 Å². The molecule has 0 aliphatic carbocycles. The first kappa shape index (κ1) is 25.3. The number of allylic oxidation sites excluding steroid dienone is 4. The molecule has 4 heteroatoms. The highest BCUT2D eigenvalue weighted by atomic mass is 16.5. The highest BCUT2D eigenvalue weighted by Gasteiger charge is 2.10. The van der Waals surface area contributed by atoms with Crippen molar-refractivity contribution in [3.8, 4) is 0 Å². The van der Waals surface area contributed by atoms with E-state index in [0.717, 1.165) is 37.7 Å². The lowest BCUT2D eigenvalue weighted by molar-refractivity contribution is 0.00163. The van der Waals surface area contributed by atoms with Crippen molar-refractivity contribution in [3.05, 3.63) is 34.9 Å². The SMILES string of the molecule is CC(=CCO)CCCC(C)(C)O.CC(C)=CCCC(C)=CC(O)O. The zero-order valence-electron chi connectivity index (χ0n) is 16.3. The molecule has 4 N–H and O–H groups in total. The van der Waals surface area contributed by atoms with Gasteiger partial charge in [0.15, 0.2) is 6.29 Å². The summed E-state index contributed by atoms with van der Waals surface area (Å²) in [6, 6.07) is 0. The molecule has 0 aliphatic rings. The Morgan fingerprint density at radius 3 is 1.96 bits per heavy atom. The molecule has 0 fully saturated rings. The van der Waals surface area contributed by atoms with Crippen LogP contribution in [0.1, 0.15) is 73.6 Å². The molecule has 0 atom stereocenters. The fourth-order valence-electron chi connectivity index (χ4n) is 1.98. The van der Waals surface area contributed by atoms with Crippen LogP contribution in [0.4, 0.5) is 0 Å². The van der Waals surface area contributed by atoms with Gasteiger partial charge < -0.3 is 20.4 Å². The molecule has 0 spiro atoms. The van der Waals surface area contributed by atoms with Crippen molar-refractivity contribution < 1.29 is 20.4 Å². The van der Waals surface area contributed by atoms with Gasteiger partial charge in [0.05, 0.1) is 12.2 Å². The minimum absolute atomic E-state index is 0.119. The van der Waals surface area contributed by atoms with Gasteiger partial charge in [0.2, 0.25) is 0 Å². The Morgan fingerprint density at radius 2 is 1.54 bits per heavy atom. The van der Waals surface area contributed by atoms with E-state index in [0.29, 0.717) is 0 Å². The topological polar surface area (TPSA) is 80.9 Å². The van der Waals surface area contributed by atoms with E-state index in [9.17, 15) is 5.11 Å². The maximum Gasteiger partial charge on any atom is 0.171 e. The predicted molar refractivity (Wildman–Crippen MR) is 102 cm³/mol. The second-order valence-electron chi connectivity index (χ2n) is 7.15. The number of rotatable bonds is 9. The third kappa shape index (κ3) is 23.3. The van der Waals surface area contributed by atoms with E-state index < -0.39 is 11.9 Å². The van der Waals surface area contributed by atoms with Crippen molar-refractivity contribution in [1.29, 1.82) is 0 Å². The lowest BCUT2D eigenvalue weighted by atomic mass is 9.99. The molecule has 0 aromatic heterocycles. The Morgan fingerprint density at radius 1 is 0.958 bits per heavy atom. The van der Waals surface area contributed by atoms with Gasteiger partial charge in [0.25, 0.3) is 0 Å². The van der Waals surface area contributed by atoms with Gasteiger partial charge in [0.1, 0.15) is 0 Å². The van der Waals surface area contributed by atoms with E-state index in [-0.39, 0.29) is 6.61 Å². The summed E-state index contributed by atoms with van der Waals surface area (Å²) in [5.41, 5.74) is 2.95. The van der Waals surface area contributed by atoms with E-state index >= 15 is 0 Å². The lowest BCUT2D eigenvalue weighted by Crippen LogP contribution is -2.17. The molecule has 24 heavy (non-hydrogen) atoms. The van der Waals surface area contributed by atoms with Crippen LogP contribution in [0.3, 0.4) is 0 Å². The van der Waals surface area contributed by atoms with Crippen LogP contribution < -0.4 is 0 Å². The fraction of sp³-hybridized carbons (Fsp3) is 0.700. The predicted octanol–water partition coefficient (Wildman–Crippen LogP) is 3.86. The van der Waals surface area contributed by atoms with Crippen LogP contribution in [0, 0.1) is 0 Å². The van der Waals surface area contributed by atoms with Gasteiger partial charge in [-0.3, -0.25) is 0 Å². The molecule has 0 radical (unpaired) electrons. The van der Waals surface area contributed by atoms with Gasteiger partial charge in [-0.25, -0.2) is 0 Å². The van der Waals surface area contributed by atoms with Crippen LogP contribution in [-0.4, -0.2) is 38.9 Å². The van der Waals surface area contributed by atoms with Crippen molar-refractivity contribution in [2.45, 2.75) is 85.5 Å². The van der Waals surface area contributed by atoms with E-state index in [1.54, 1.807) is 0 Å². The summed E-state index contributed by atoms with van der Waals surface area (Å²) in [4.78, 5) is 0. The maximum absolute atomic E-state index is 9.39.